The predicted molar refractivity (Wildman–Crippen MR) is 106 cm³/mol. The molecule has 0 spiro atoms. The number of amides is 2. The molecular weight excluding hydrogens is 373 g/mol. The molecule has 7 heteroatoms. The fraction of sp³-hybridized carbons (Fsp3) is 0.263. The molecule has 0 aliphatic carbocycles. The van der Waals surface area contributed by atoms with E-state index in [0.29, 0.717) is 28.0 Å². The van der Waals surface area contributed by atoms with E-state index >= 15 is 0 Å². The number of nitrogens with zero attached hydrogens (tertiary/aromatic N) is 2. The number of hydrogen-bond donors (Lipinski definition) is 1. The summed E-state index contributed by atoms with van der Waals surface area (Å²) in [6.45, 7) is 0.298. The number of nitrogens with one attached hydrogen (secondary N) is 1. The first kappa shape index (κ1) is 18.5. The molecule has 0 bridgehead atoms. The Morgan fingerprint density at radius 2 is 1.92 bits per heavy atom. The molecule has 2 aromatic rings. The fourth-order valence-corrected chi connectivity index (χ4v) is 3.43. The summed E-state index contributed by atoms with van der Waals surface area (Å²) >= 11 is 12.2. The molecule has 1 aliphatic rings. The van der Waals surface area contributed by atoms with E-state index in [1.807, 2.05) is 31.1 Å². The summed E-state index contributed by atoms with van der Waals surface area (Å²) in [6.07, 6.45) is 0.148. The first-order chi connectivity index (χ1) is 12.4. The molecule has 1 N–H and O–H groups in total. The molecular formula is C19H19Cl2N3O2. The van der Waals surface area contributed by atoms with Crippen LogP contribution >= 0.6 is 23.2 Å². The van der Waals surface area contributed by atoms with E-state index in [4.69, 9.17) is 23.2 Å². The Morgan fingerprint density at radius 1 is 1.19 bits per heavy atom. The van der Waals surface area contributed by atoms with E-state index < -0.39 is 5.92 Å². The van der Waals surface area contributed by atoms with Gasteiger partial charge in [0.1, 0.15) is 0 Å². The average Bonchev–Trinajstić information content (AvgIpc) is 2.97. The number of benzene rings is 2. The van der Waals surface area contributed by atoms with Gasteiger partial charge in [-0.2, -0.15) is 0 Å². The Hall–Kier alpha value is -2.24. The summed E-state index contributed by atoms with van der Waals surface area (Å²) in [6, 6.07) is 12.4. The summed E-state index contributed by atoms with van der Waals surface area (Å²) in [5.41, 5.74) is 2.09. The van der Waals surface area contributed by atoms with Gasteiger partial charge in [-0.05, 0) is 30.3 Å². The SMILES string of the molecule is CN(C)c1ccc(Cl)cc1NC(=O)C1CC(=O)N(c2ccccc2Cl)C1. The lowest BCUT2D eigenvalue weighted by atomic mass is 10.1. The number of carbonyl (C=O) groups is 2. The molecule has 1 heterocycles. The number of halogens is 2. The molecule has 1 unspecified atom stereocenters. The second-order valence-corrected chi connectivity index (χ2v) is 7.25. The van der Waals surface area contributed by atoms with Crippen LogP contribution in [0.15, 0.2) is 42.5 Å². The van der Waals surface area contributed by atoms with Crippen LogP contribution in [0.25, 0.3) is 0 Å². The van der Waals surface area contributed by atoms with Crippen molar-refractivity contribution in [3.8, 4) is 0 Å². The lowest BCUT2D eigenvalue weighted by Crippen LogP contribution is -2.28. The highest BCUT2D eigenvalue weighted by atomic mass is 35.5. The monoisotopic (exact) mass is 391 g/mol. The van der Waals surface area contributed by atoms with Gasteiger partial charge in [0.15, 0.2) is 0 Å². The van der Waals surface area contributed by atoms with Gasteiger partial charge in [-0.15, -0.1) is 0 Å². The van der Waals surface area contributed by atoms with Crippen LogP contribution in [0.2, 0.25) is 10.0 Å². The summed E-state index contributed by atoms with van der Waals surface area (Å²) < 4.78 is 0. The summed E-state index contributed by atoms with van der Waals surface area (Å²) in [5.74, 6) is -0.775. The van der Waals surface area contributed by atoms with Gasteiger partial charge in [0, 0.05) is 32.1 Å². The number of para-hydroxylation sites is 1. The Bertz CT molecular complexity index is 854. The van der Waals surface area contributed by atoms with E-state index in [0.717, 1.165) is 5.69 Å². The lowest BCUT2D eigenvalue weighted by Gasteiger charge is -2.20. The van der Waals surface area contributed by atoms with Crippen LogP contribution in [0, 0.1) is 5.92 Å². The zero-order valence-electron chi connectivity index (χ0n) is 14.5. The van der Waals surface area contributed by atoms with Crippen molar-refractivity contribution in [2.75, 3.05) is 35.8 Å². The second-order valence-electron chi connectivity index (χ2n) is 6.40. The highest BCUT2D eigenvalue weighted by molar-refractivity contribution is 6.34. The van der Waals surface area contributed by atoms with Crippen molar-refractivity contribution in [1.29, 1.82) is 0 Å². The molecule has 1 fully saturated rings. The van der Waals surface area contributed by atoms with Crippen molar-refractivity contribution in [2.45, 2.75) is 6.42 Å². The van der Waals surface area contributed by atoms with E-state index in [1.165, 1.54) is 0 Å². The van der Waals surface area contributed by atoms with Crippen molar-refractivity contribution in [2.24, 2.45) is 5.92 Å². The molecule has 2 aromatic carbocycles. The first-order valence-corrected chi connectivity index (χ1v) is 8.95. The Morgan fingerprint density at radius 3 is 2.62 bits per heavy atom. The maximum Gasteiger partial charge on any atom is 0.229 e. The minimum atomic E-state index is -0.451. The van der Waals surface area contributed by atoms with Crippen LogP contribution in [0.3, 0.4) is 0 Å². The zero-order chi connectivity index (χ0) is 18.8. The predicted octanol–water partition coefficient (Wildman–Crippen LogP) is 4.05. The average molecular weight is 392 g/mol. The molecule has 0 radical (unpaired) electrons. The Labute approximate surface area is 162 Å². The highest BCUT2D eigenvalue weighted by Gasteiger charge is 2.36. The number of hydrogen-bond acceptors (Lipinski definition) is 3. The molecule has 3 rings (SSSR count). The van der Waals surface area contributed by atoms with Gasteiger partial charge in [0.2, 0.25) is 11.8 Å². The van der Waals surface area contributed by atoms with Gasteiger partial charge in [0.25, 0.3) is 0 Å². The minimum absolute atomic E-state index is 0.114. The molecule has 1 atom stereocenters. The zero-order valence-corrected chi connectivity index (χ0v) is 16.0. The van der Waals surface area contributed by atoms with Crippen LogP contribution in [0.1, 0.15) is 6.42 Å². The number of rotatable bonds is 4. The topological polar surface area (TPSA) is 52.7 Å². The van der Waals surface area contributed by atoms with Gasteiger partial charge < -0.3 is 15.1 Å². The van der Waals surface area contributed by atoms with Crippen LogP contribution < -0.4 is 15.1 Å². The standard InChI is InChI=1S/C19H19Cl2N3O2/c1-23(2)17-8-7-13(20)10-15(17)22-19(26)12-9-18(25)24(11-12)16-6-4-3-5-14(16)21/h3-8,10,12H,9,11H2,1-2H3,(H,22,26). The molecule has 136 valence electrons. The van der Waals surface area contributed by atoms with Crippen molar-refractivity contribution < 1.29 is 9.59 Å². The van der Waals surface area contributed by atoms with Crippen molar-refractivity contribution in [3.63, 3.8) is 0 Å². The molecule has 2 amide bonds. The molecule has 0 saturated carbocycles. The van der Waals surface area contributed by atoms with E-state index in [-0.39, 0.29) is 18.2 Å². The largest absolute Gasteiger partial charge is 0.376 e. The van der Waals surface area contributed by atoms with Crippen LogP contribution in [0.4, 0.5) is 17.1 Å². The van der Waals surface area contributed by atoms with E-state index in [2.05, 4.69) is 5.32 Å². The highest BCUT2D eigenvalue weighted by Crippen LogP contribution is 2.33. The van der Waals surface area contributed by atoms with Crippen molar-refractivity contribution in [1.82, 2.24) is 0 Å². The van der Waals surface area contributed by atoms with Crippen LogP contribution in [0.5, 0.6) is 0 Å². The first-order valence-electron chi connectivity index (χ1n) is 8.19. The number of carbonyl (C=O) groups excluding carboxylic acids is 2. The fourth-order valence-electron chi connectivity index (χ4n) is 3.02. The molecule has 26 heavy (non-hydrogen) atoms. The third kappa shape index (κ3) is 3.79. The van der Waals surface area contributed by atoms with Gasteiger partial charge >= 0.3 is 0 Å². The van der Waals surface area contributed by atoms with Gasteiger partial charge in [0.05, 0.1) is 28.0 Å². The lowest BCUT2D eigenvalue weighted by molar-refractivity contribution is -0.122. The van der Waals surface area contributed by atoms with Gasteiger partial charge in [-0.1, -0.05) is 35.3 Å². The normalized spacial score (nSPS) is 16.7. The maximum absolute atomic E-state index is 12.7. The van der Waals surface area contributed by atoms with E-state index in [1.54, 1.807) is 35.2 Å². The van der Waals surface area contributed by atoms with Gasteiger partial charge in [-0.3, -0.25) is 9.59 Å². The molecule has 1 aliphatic heterocycles. The third-order valence-electron chi connectivity index (χ3n) is 4.34. The maximum atomic E-state index is 12.7. The quantitative estimate of drug-likeness (QED) is 0.854. The van der Waals surface area contributed by atoms with Crippen molar-refractivity contribution >= 4 is 52.1 Å². The molecule has 1 saturated heterocycles. The summed E-state index contributed by atoms with van der Waals surface area (Å²) in [4.78, 5) is 28.6. The second kappa shape index (κ2) is 7.56. The van der Waals surface area contributed by atoms with E-state index in [9.17, 15) is 9.59 Å². The Kier molecular flexibility index (Phi) is 5.39. The van der Waals surface area contributed by atoms with Crippen LogP contribution in [-0.2, 0) is 9.59 Å². The third-order valence-corrected chi connectivity index (χ3v) is 4.89. The minimum Gasteiger partial charge on any atom is -0.376 e. The van der Waals surface area contributed by atoms with Crippen LogP contribution in [-0.4, -0.2) is 32.5 Å². The number of anilines is 3. The summed E-state index contributed by atoms with van der Waals surface area (Å²) in [7, 11) is 3.77. The molecule has 5 nitrogen and oxygen atoms in total. The molecule has 0 aromatic heterocycles. The van der Waals surface area contributed by atoms with Gasteiger partial charge in [-0.25, -0.2) is 0 Å². The smallest absolute Gasteiger partial charge is 0.229 e. The summed E-state index contributed by atoms with van der Waals surface area (Å²) in [5, 5.41) is 3.93. The van der Waals surface area contributed by atoms with Crippen molar-refractivity contribution in [3.05, 3.63) is 52.5 Å². The Balaban J connectivity index is 1.77.